The van der Waals surface area contributed by atoms with Crippen LogP contribution >= 0.6 is 0 Å². The first-order valence-electron chi connectivity index (χ1n) is 9.40. The smallest absolute Gasteiger partial charge is 0.281 e. The summed E-state index contributed by atoms with van der Waals surface area (Å²) in [5.41, 5.74) is 2.94. The van der Waals surface area contributed by atoms with Gasteiger partial charge in [-0.2, -0.15) is 5.10 Å². The summed E-state index contributed by atoms with van der Waals surface area (Å²) < 4.78 is 0. The third-order valence-electron chi connectivity index (χ3n) is 4.96. The van der Waals surface area contributed by atoms with E-state index >= 15 is 0 Å². The van der Waals surface area contributed by atoms with E-state index in [4.69, 9.17) is 0 Å². The topological polar surface area (TPSA) is 61.7 Å². The highest BCUT2D eigenvalue weighted by Gasteiger charge is 2.39. The Labute approximate surface area is 155 Å². The maximum absolute atomic E-state index is 13.0. The third-order valence-corrected chi connectivity index (χ3v) is 4.96. The van der Waals surface area contributed by atoms with E-state index in [1.165, 1.54) is 19.3 Å². The molecule has 0 aliphatic heterocycles. The summed E-state index contributed by atoms with van der Waals surface area (Å²) in [5.74, 6) is -0.524. The molecule has 0 radical (unpaired) electrons. The number of carbonyl (C=O) groups excluding carboxylic acids is 1. The van der Waals surface area contributed by atoms with Crippen molar-refractivity contribution < 1.29 is 9.90 Å². The van der Waals surface area contributed by atoms with E-state index < -0.39 is 11.5 Å². The zero-order valence-electron chi connectivity index (χ0n) is 15.0. The van der Waals surface area contributed by atoms with Crippen molar-refractivity contribution in [1.29, 1.82) is 0 Å². The van der Waals surface area contributed by atoms with Gasteiger partial charge in [-0.3, -0.25) is 4.79 Å². The Hall–Kier alpha value is -2.46. The van der Waals surface area contributed by atoms with E-state index in [0.29, 0.717) is 11.1 Å². The van der Waals surface area contributed by atoms with Gasteiger partial charge in [-0.15, -0.1) is 0 Å². The predicted octanol–water partition coefficient (Wildman–Crippen LogP) is 4.14. The van der Waals surface area contributed by atoms with Crippen molar-refractivity contribution in [2.24, 2.45) is 5.10 Å². The van der Waals surface area contributed by atoms with Gasteiger partial charge in [-0.05, 0) is 36.8 Å². The quantitative estimate of drug-likeness (QED) is 0.814. The molecule has 1 amide bonds. The van der Waals surface area contributed by atoms with Crippen LogP contribution in [-0.2, 0) is 10.4 Å². The fraction of sp³-hybridized carbons (Fsp3) is 0.364. The molecule has 2 aromatic carbocycles. The Morgan fingerprint density at radius 3 is 1.77 bits per heavy atom. The number of benzene rings is 2. The second-order valence-corrected chi connectivity index (χ2v) is 6.83. The highest BCUT2D eigenvalue weighted by atomic mass is 16.3. The van der Waals surface area contributed by atoms with Crippen LogP contribution in [0.2, 0.25) is 0 Å². The summed E-state index contributed by atoms with van der Waals surface area (Å²) in [5, 5.41) is 15.7. The lowest BCUT2D eigenvalue weighted by Crippen LogP contribution is -2.44. The Morgan fingerprint density at radius 2 is 1.27 bits per heavy atom. The molecule has 0 unspecified atom stereocenters. The number of amides is 1. The highest BCUT2D eigenvalue weighted by molar-refractivity contribution is 5.92. The van der Waals surface area contributed by atoms with Gasteiger partial charge in [0.1, 0.15) is 0 Å². The molecule has 1 aliphatic carbocycles. The van der Waals surface area contributed by atoms with Crippen LogP contribution in [0.25, 0.3) is 0 Å². The van der Waals surface area contributed by atoms with Gasteiger partial charge < -0.3 is 5.11 Å². The fourth-order valence-corrected chi connectivity index (χ4v) is 3.42. The van der Waals surface area contributed by atoms with Crippen molar-refractivity contribution in [2.45, 2.75) is 50.5 Å². The molecule has 2 N–H and O–H groups in total. The number of hydrazone groups is 1. The average Bonchev–Trinajstić information content (AvgIpc) is 2.67. The summed E-state index contributed by atoms with van der Waals surface area (Å²) in [7, 11) is 0. The standard InChI is InChI=1S/C22H26N2O2/c25-21(24-23-20-16-10-2-1-3-11-17-20)22(26,18-12-6-4-7-13-18)19-14-8-5-9-15-19/h4-9,12-15,26H,1-3,10-11,16-17H2,(H,24,25). The van der Waals surface area contributed by atoms with Gasteiger partial charge in [0.25, 0.3) is 5.91 Å². The minimum absolute atomic E-state index is 0.524. The van der Waals surface area contributed by atoms with Crippen LogP contribution in [0.5, 0.6) is 0 Å². The van der Waals surface area contributed by atoms with Gasteiger partial charge in [-0.1, -0.05) is 79.9 Å². The summed E-state index contributed by atoms with van der Waals surface area (Å²) in [6.45, 7) is 0. The Kier molecular flexibility index (Phi) is 6.18. The Bertz CT molecular complexity index is 692. The monoisotopic (exact) mass is 350 g/mol. The average molecular weight is 350 g/mol. The maximum Gasteiger partial charge on any atom is 0.281 e. The van der Waals surface area contributed by atoms with Crippen LogP contribution in [-0.4, -0.2) is 16.7 Å². The molecule has 0 bridgehead atoms. The van der Waals surface area contributed by atoms with Crippen molar-refractivity contribution in [3.05, 3.63) is 71.8 Å². The Morgan fingerprint density at radius 1 is 0.808 bits per heavy atom. The van der Waals surface area contributed by atoms with Crippen LogP contribution in [0.3, 0.4) is 0 Å². The van der Waals surface area contributed by atoms with E-state index in [1.807, 2.05) is 36.4 Å². The van der Waals surface area contributed by atoms with Gasteiger partial charge >= 0.3 is 0 Å². The molecule has 0 spiro atoms. The number of hydrogen-bond donors (Lipinski definition) is 2. The molecule has 1 saturated carbocycles. The van der Waals surface area contributed by atoms with Crippen LogP contribution in [0, 0.1) is 0 Å². The largest absolute Gasteiger partial charge is 0.372 e. The first kappa shape index (κ1) is 18.3. The first-order valence-corrected chi connectivity index (χ1v) is 9.40. The summed E-state index contributed by atoms with van der Waals surface area (Å²) in [6.07, 6.45) is 7.74. The fourth-order valence-electron chi connectivity index (χ4n) is 3.42. The zero-order valence-corrected chi connectivity index (χ0v) is 15.0. The molecule has 0 aromatic heterocycles. The van der Waals surface area contributed by atoms with E-state index in [-0.39, 0.29) is 0 Å². The van der Waals surface area contributed by atoms with Crippen molar-refractivity contribution in [3.8, 4) is 0 Å². The molecule has 4 heteroatoms. The minimum Gasteiger partial charge on any atom is -0.372 e. The third kappa shape index (κ3) is 4.20. The lowest BCUT2D eigenvalue weighted by molar-refractivity contribution is -0.136. The number of carbonyl (C=O) groups is 1. The second kappa shape index (κ2) is 8.77. The van der Waals surface area contributed by atoms with Crippen molar-refractivity contribution in [3.63, 3.8) is 0 Å². The van der Waals surface area contributed by atoms with Crippen LogP contribution < -0.4 is 5.43 Å². The van der Waals surface area contributed by atoms with Crippen LogP contribution in [0.15, 0.2) is 65.8 Å². The molecule has 1 aliphatic rings. The predicted molar refractivity (Wildman–Crippen MR) is 104 cm³/mol. The maximum atomic E-state index is 13.0. The Balaban J connectivity index is 1.86. The number of nitrogens with one attached hydrogen (secondary N) is 1. The SMILES string of the molecule is O=C(NN=C1CCCCCCC1)C(O)(c1ccccc1)c1ccccc1. The molecule has 4 nitrogen and oxygen atoms in total. The lowest BCUT2D eigenvalue weighted by atomic mass is 9.85. The molecule has 26 heavy (non-hydrogen) atoms. The van der Waals surface area contributed by atoms with Crippen molar-refractivity contribution in [2.75, 3.05) is 0 Å². The van der Waals surface area contributed by atoms with E-state index in [9.17, 15) is 9.90 Å². The van der Waals surface area contributed by atoms with Crippen LogP contribution in [0.4, 0.5) is 0 Å². The molecule has 1 fully saturated rings. The number of aliphatic hydroxyl groups is 1. The number of rotatable bonds is 4. The van der Waals surface area contributed by atoms with Gasteiger partial charge in [0, 0.05) is 5.71 Å². The summed E-state index contributed by atoms with van der Waals surface area (Å²) >= 11 is 0. The van der Waals surface area contributed by atoms with Gasteiger partial charge in [0.2, 0.25) is 0 Å². The number of hydrogen-bond acceptors (Lipinski definition) is 3. The molecule has 0 saturated heterocycles. The second-order valence-electron chi connectivity index (χ2n) is 6.83. The molecule has 0 heterocycles. The molecule has 2 aromatic rings. The molecule has 3 rings (SSSR count). The minimum atomic E-state index is -1.77. The van der Waals surface area contributed by atoms with E-state index in [2.05, 4.69) is 10.5 Å². The molecule has 136 valence electrons. The molecular weight excluding hydrogens is 324 g/mol. The highest BCUT2D eigenvalue weighted by Crippen LogP contribution is 2.30. The summed E-state index contributed by atoms with van der Waals surface area (Å²) in [6, 6.07) is 18.0. The van der Waals surface area contributed by atoms with Crippen LogP contribution in [0.1, 0.15) is 56.1 Å². The van der Waals surface area contributed by atoms with Crippen molar-refractivity contribution >= 4 is 11.6 Å². The van der Waals surface area contributed by atoms with E-state index in [0.717, 1.165) is 31.4 Å². The van der Waals surface area contributed by atoms with E-state index in [1.54, 1.807) is 24.3 Å². The van der Waals surface area contributed by atoms with Gasteiger partial charge in [-0.25, -0.2) is 5.43 Å². The number of nitrogens with zero attached hydrogens (tertiary/aromatic N) is 1. The normalized spacial score (nSPS) is 15.7. The van der Waals surface area contributed by atoms with Gasteiger partial charge in [0.05, 0.1) is 0 Å². The lowest BCUT2D eigenvalue weighted by Gasteiger charge is -2.27. The zero-order chi connectivity index (χ0) is 18.2. The summed E-state index contributed by atoms with van der Waals surface area (Å²) in [4.78, 5) is 13.0. The van der Waals surface area contributed by atoms with Gasteiger partial charge in [0.15, 0.2) is 5.60 Å². The molecular formula is C22H26N2O2. The first-order chi connectivity index (χ1) is 12.7. The van der Waals surface area contributed by atoms with Crippen molar-refractivity contribution in [1.82, 2.24) is 5.43 Å². The molecule has 0 atom stereocenters.